The Morgan fingerprint density at radius 1 is 1.00 bits per heavy atom. The summed E-state index contributed by atoms with van der Waals surface area (Å²) in [6, 6.07) is 15.5. The highest BCUT2D eigenvalue weighted by molar-refractivity contribution is 7.89. The van der Waals surface area contributed by atoms with E-state index in [-0.39, 0.29) is 22.0 Å². The van der Waals surface area contributed by atoms with Crippen LogP contribution in [0.5, 0.6) is 0 Å². The van der Waals surface area contributed by atoms with Crippen molar-refractivity contribution < 1.29 is 27.2 Å². The number of aromatic amines is 1. The van der Waals surface area contributed by atoms with Gasteiger partial charge in [-0.2, -0.15) is 4.72 Å². The molecule has 37 heavy (non-hydrogen) atoms. The number of fused-ring (bicyclic) bond motifs is 1. The van der Waals surface area contributed by atoms with Crippen molar-refractivity contribution >= 4 is 50.0 Å². The molecule has 0 spiro atoms. The zero-order valence-corrected chi connectivity index (χ0v) is 20.8. The van der Waals surface area contributed by atoms with E-state index in [2.05, 4.69) is 9.97 Å². The highest BCUT2D eigenvalue weighted by Gasteiger charge is 2.34. The number of para-hydroxylation sites is 2. The van der Waals surface area contributed by atoms with Crippen molar-refractivity contribution in [3.05, 3.63) is 94.5 Å². The summed E-state index contributed by atoms with van der Waals surface area (Å²) in [4.78, 5) is 45.1. The summed E-state index contributed by atoms with van der Waals surface area (Å²) in [5.41, 5.74) is 6.38. The topological polar surface area (TPSA) is 152 Å². The Balaban J connectivity index is 1.82. The maximum atomic E-state index is 14.6. The number of nitrogens with two attached hydrogens (primary N) is 1. The van der Waals surface area contributed by atoms with Crippen LogP contribution in [0, 0.1) is 5.82 Å². The molecule has 0 saturated carbocycles. The standard InChI is InChI=1S/C25H20ClFN4O5S/c1-13(32)24(28)31-37(35,36)20-12-15(9-10-17(20)27)23(34)21(22(33)14-5-4-6-16(26)11-14)25-29-18-7-2-3-8-19(18)30-25/h2-12,21,24,31H,28H2,1H3,(H,29,30). The normalized spacial score (nSPS) is 13.3. The number of aromatic nitrogens is 2. The molecule has 0 aliphatic carbocycles. The average Bonchev–Trinajstić information content (AvgIpc) is 3.27. The summed E-state index contributed by atoms with van der Waals surface area (Å²) in [5, 5.41) is 0.268. The highest BCUT2D eigenvalue weighted by Crippen LogP contribution is 2.28. The van der Waals surface area contributed by atoms with Gasteiger partial charge in [0.1, 0.15) is 28.6 Å². The van der Waals surface area contributed by atoms with Crippen LogP contribution in [-0.4, -0.2) is 41.9 Å². The number of sulfonamides is 1. The van der Waals surface area contributed by atoms with Crippen LogP contribution in [0.25, 0.3) is 11.0 Å². The minimum Gasteiger partial charge on any atom is -0.341 e. The first-order valence-corrected chi connectivity index (χ1v) is 12.7. The predicted octanol–water partition coefficient (Wildman–Crippen LogP) is 3.36. The van der Waals surface area contributed by atoms with E-state index in [1.165, 1.54) is 12.1 Å². The molecule has 0 aliphatic rings. The molecule has 12 heteroatoms. The van der Waals surface area contributed by atoms with E-state index in [1.54, 1.807) is 36.4 Å². The Hall–Kier alpha value is -3.77. The molecule has 0 fully saturated rings. The molecule has 4 aromatic rings. The van der Waals surface area contributed by atoms with E-state index in [0.29, 0.717) is 11.0 Å². The van der Waals surface area contributed by atoms with Crippen LogP contribution in [0.2, 0.25) is 5.02 Å². The van der Waals surface area contributed by atoms with Crippen LogP contribution >= 0.6 is 11.6 Å². The van der Waals surface area contributed by atoms with Gasteiger partial charge in [-0.1, -0.05) is 35.9 Å². The Bertz CT molecular complexity index is 1620. The lowest BCUT2D eigenvalue weighted by atomic mass is 9.89. The first-order chi connectivity index (χ1) is 17.5. The summed E-state index contributed by atoms with van der Waals surface area (Å²) in [5.74, 6) is -4.89. The van der Waals surface area contributed by atoms with Crippen LogP contribution in [0.1, 0.15) is 39.4 Å². The van der Waals surface area contributed by atoms with Gasteiger partial charge in [-0.3, -0.25) is 14.4 Å². The van der Waals surface area contributed by atoms with Crippen LogP contribution in [0.4, 0.5) is 4.39 Å². The van der Waals surface area contributed by atoms with E-state index < -0.39 is 50.2 Å². The molecule has 9 nitrogen and oxygen atoms in total. The van der Waals surface area contributed by atoms with Crippen molar-refractivity contribution in [2.24, 2.45) is 5.73 Å². The predicted molar refractivity (Wildman–Crippen MR) is 134 cm³/mol. The van der Waals surface area contributed by atoms with Gasteiger partial charge >= 0.3 is 0 Å². The molecule has 2 unspecified atom stereocenters. The number of hydrogen-bond acceptors (Lipinski definition) is 7. The van der Waals surface area contributed by atoms with E-state index in [4.69, 9.17) is 17.3 Å². The molecule has 0 bridgehead atoms. The number of Topliss-reactive ketones (excluding diaryl/α,β-unsaturated/α-hetero) is 3. The number of nitrogens with one attached hydrogen (secondary N) is 2. The summed E-state index contributed by atoms with van der Waals surface area (Å²) >= 11 is 6.04. The number of hydrogen-bond donors (Lipinski definition) is 3. The zero-order chi connectivity index (χ0) is 26.9. The lowest BCUT2D eigenvalue weighted by molar-refractivity contribution is -0.118. The number of ketones is 3. The second kappa shape index (κ2) is 10.3. The summed E-state index contributed by atoms with van der Waals surface area (Å²) in [6.07, 6.45) is -1.61. The number of H-pyrrole nitrogens is 1. The lowest BCUT2D eigenvalue weighted by Gasteiger charge is -2.15. The van der Waals surface area contributed by atoms with E-state index >= 15 is 0 Å². The van der Waals surface area contributed by atoms with Gasteiger partial charge in [0.15, 0.2) is 17.3 Å². The summed E-state index contributed by atoms with van der Waals surface area (Å²) < 4.78 is 41.8. The molecular weight excluding hydrogens is 523 g/mol. The molecule has 0 aliphatic heterocycles. The number of nitrogens with zero attached hydrogens (tertiary/aromatic N) is 1. The quantitative estimate of drug-likeness (QED) is 0.166. The fourth-order valence-electron chi connectivity index (χ4n) is 3.63. The monoisotopic (exact) mass is 542 g/mol. The molecule has 1 aromatic heterocycles. The maximum Gasteiger partial charge on any atom is 0.245 e. The van der Waals surface area contributed by atoms with Crippen molar-refractivity contribution in [2.75, 3.05) is 0 Å². The van der Waals surface area contributed by atoms with E-state index in [1.807, 2.05) is 4.72 Å². The molecule has 1 heterocycles. The first kappa shape index (κ1) is 26.3. The minimum absolute atomic E-state index is 0.0154. The van der Waals surface area contributed by atoms with Gasteiger partial charge in [-0.25, -0.2) is 17.8 Å². The SMILES string of the molecule is CC(=O)C(N)NS(=O)(=O)c1cc(C(=O)C(C(=O)c2cccc(Cl)c2)c2nc3ccccc3[nH]2)ccc1F. The molecular formula is C25H20ClFN4O5S. The Labute approximate surface area is 215 Å². The molecule has 0 saturated heterocycles. The summed E-state index contributed by atoms with van der Waals surface area (Å²) in [6.45, 7) is 1.06. The highest BCUT2D eigenvalue weighted by atomic mass is 35.5. The van der Waals surface area contributed by atoms with Crippen LogP contribution in [0.15, 0.2) is 71.6 Å². The molecule has 2 atom stereocenters. The van der Waals surface area contributed by atoms with Crippen molar-refractivity contribution in [1.29, 1.82) is 0 Å². The largest absolute Gasteiger partial charge is 0.341 e. The van der Waals surface area contributed by atoms with Crippen molar-refractivity contribution in [1.82, 2.24) is 14.7 Å². The molecule has 0 amide bonds. The van der Waals surface area contributed by atoms with Crippen molar-refractivity contribution in [3.63, 3.8) is 0 Å². The lowest BCUT2D eigenvalue weighted by Crippen LogP contribution is -2.46. The van der Waals surface area contributed by atoms with E-state index in [0.717, 1.165) is 25.1 Å². The number of halogens is 2. The number of carbonyl (C=O) groups is 3. The Kier molecular flexibility index (Phi) is 7.32. The zero-order valence-electron chi connectivity index (χ0n) is 19.2. The third-order valence-corrected chi connectivity index (χ3v) is 7.23. The Morgan fingerprint density at radius 2 is 1.68 bits per heavy atom. The number of carbonyl (C=O) groups excluding carboxylic acids is 3. The van der Waals surface area contributed by atoms with Crippen LogP contribution < -0.4 is 10.5 Å². The summed E-state index contributed by atoms with van der Waals surface area (Å²) in [7, 11) is -4.63. The average molecular weight is 543 g/mol. The van der Waals surface area contributed by atoms with Gasteiger partial charge in [0.25, 0.3) is 0 Å². The van der Waals surface area contributed by atoms with Gasteiger partial charge in [-0.05, 0) is 49.4 Å². The van der Waals surface area contributed by atoms with Crippen LogP contribution in [0.3, 0.4) is 0 Å². The van der Waals surface area contributed by atoms with Gasteiger partial charge in [0, 0.05) is 16.1 Å². The van der Waals surface area contributed by atoms with Crippen molar-refractivity contribution in [2.45, 2.75) is 23.9 Å². The maximum absolute atomic E-state index is 14.6. The number of rotatable bonds is 9. The minimum atomic E-state index is -4.63. The number of benzene rings is 3. The fourth-order valence-corrected chi connectivity index (χ4v) is 5.05. The molecule has 4 N–H and O–H groups in total. The van der Waals surface area contributed by atoms with Crippen molar-refractivity contribution in [3.8, 4) is 0 Å². The van der Waals surface area contributed by atoms with Gasteiger partial charge in [0.05, 0.1) is 11.0 Å². The first-order valence-electron chi connectivity index (χ1n) is 10.8. The smallest absolute Gasteiger partial charge is 0.245 e. The third-order valence-electron chi connectivity index (χ3n) is 5.54. The number of imidazole rings is 1. The second-order valence-electron chi connectivity index (χ2n) is 8.17. The van der Waals surface area contributed by atoms with Gasteiger partial charge in [-0.15, -0.1) is 0 Å². The van der Waals surface area contributed by atoms with Crippen LogP contribution in [-0.2, 0) is 14.8 Å². The fraction of sp³-hybridized carbons (Fsp3) is 0.120. The molecule has 0 radical (unpaired) electrons. The molecule has 190 valence electrons. The third kappa shape index (κ3) is 5.49. The van der Waals surface area contributed by atoms with E-state index in [9.17, 15) is 27.2 Å². The molecule has 4 rings (SSSR count). The molecule has 3 aromatic carbocycles. The van der Waals surface area contributed by atoms with Gasteiger partial charge < -0.3 is 10.7 Å². The van der Waals surface area contributed by atoms with Gasteiger partial charge in [0.2, 0.25) is 10.0 Å². The second-order valence-corrected chi connectivity index (χ2v) is 10.3. The Morgan fingerprint density at radius 3 is 2.32 bits per heavy atom.